The van der Waals surface area contributed by atoms with Crippen LogP contribution in [0.1, 0.15) is 20.1 Å². The molecule has 0 unspecified atom stereocenters. The fourth-order valence-electron chi connectivity index (χ4n) is 1.64. The van der Waals surface area contributed by atoms with Gasteiger partial charge in [-0.1, -0.05) is 0 Å². The van der Waals surface area contributed by atoms with E-state index in [-0.39, 0.29) is 5.97 Å². The smallest absolute Gasteiger partial charge is 0.348 e. The summed E-state index contributed by atoms with van der Waals surface area (Å²) in [5.74, 6) is -0.345. The molecular formula is C11H13N3O3S2. The molecule has 0 fully saturated rings. The van der Waals surface area contributed by atoms with Gasteiger partial charge in [-0.15, -0.1) is 21.5 Å². The first-order valence-corrected chi connectivity index (χ1v) is 7.79. The molecule has 0 spiro atoms. The number of esters is 1. The van der Waals surface area contributed by atoms with Gasteiger partial charge in [0, 0.05) is 11.1 Å². The zero-order valence-electron chi connectivity index (χ0n) is 10.7. The van der Waals surface area contributed by atoms with Crippen molar-refractivity contribution in [3.63, 3.8) is 0 Å². The lowest BCUT2D eigenvalue weighted by atomic mass is 10.2. The van der Waals surface area contributed by atoms with Crippen molar-refractivity contribution in [1.82, 2.24) is 14.8 Å². The molecule has 19 heavy (non-hydrogen) atoms. The standard InChI is InChI=1S/C11H13N3O3S2/c1-7-8(4-9(18-7)10(15)17-2)5-14-6-12-13-11(14)19(3)16/h4,6H,5H2,1-3H3/t19-/m0/s1. The third kappa shape index (κ3) is 2.90. The van der Waals surface area contributed by atoms with Crippen LogP contribution in [0.2, 0.25) is 0 Å². The van der Waals surface area contributed by atoms with E-state index in [1.54, 1.807) is 16.9 Å². The van der Waals surface area contributed by atoms with Gasteiger partial charge in [-0.3, -0.25) is 4.21 Å². The maximum atomic E-state index is 11.5. The average molecular weight is 299 g/mol. The third-order valence-electron chi connectivity index (χ3n) is 2.58. The largest absolute Gasteiger partial charge is 0.465 e. The van der Waals surface area contributed by atoms with Crippen LogP contribution in [0, 0.1) is 6.92 Å². The number of carbonyl (C=O) groups is 1. The average Bonchev–Trinajstić information content (AvgIpc) is 2.96. The monoisotopic (exact) mass is 299 g/mol. The Morgan fingerprint density at radius 2 is 2.32 bits per heavy atom. The van der Waals surface area contributed by atoms with Gasteiger partial charge in [0.05, 0.1) is 24.5 Å². The van der Waals surface area contributed by atoms with E-state index in [2.05, 4.69) is 10.2 Å². The van der Waals surface area contributed by atoms with Crippen LogP contribution in [0.4, 0.5) is 0 Å². The Labute approximate surface area is 116 Å². The minimum Gasteiger partial charge on any atom is -0.465 e. The van der Waals surface area contributed by atoms with Crippen LogP contribution in [0.3, 0.4) is 0 Å². The summed E-state index contributed by atoms with van der Waals surface area (Å²) < 4.78 is 17.9. The van der Waals surface area contributed by atoms with E-state index in [4.69, 9.17) is 4.74 Å². The van der Waals surface area contributed by atoms with E-state index < -0.39 is 10.8 Å². The number of hydrogen-bond acceptors (Lipinski definition) is 6. The first-order valence-electron chi connectivity index (χ1n) is 5.41. The molecule has 2 rings (SSSR count). The molecule has 2 aromatic rings. The highest BCUT2D eigenvalue weighted by molar-refractivity contribution is 7.84. The van der Waals surface area contributed by atoms with Crippen LogP contribution in [-0.2, 0) is 22.1 Å². The van der Waals surface area contributed by atoms with Gasteiger partial charge in [-0.2, -0.15) is 0 Å². The molecule has 2 aromatic heterocycles. The van der Waals surface area contributed by atoms with E-state index >= 15 is 0 Å². The van der Waals surface area contributed by atoms with Crippen LogP contribution in [0.15, 0.2) is 17.6 Å². The third-order valence-corrected chi connectivity index (χ3v) is 4.49. The Kier molecular flexibility index (Phi) is 4.11. The summed E-state index contributed by atoms with van der Waals surface area (Å²) in [5.41, 5.74) is 0.969. The van der Waals surface area contributed by atoms with Crippen LogP contribution in [0.5, 0.6) is 0 Å². The summed E-state index contributed by atoms with van der Waals surface area (Å²) in [6, 6.07) is 1.79. The minimum absolute atomic E-state index is 0.345. The summed E-state index contributed by atoms with van der Waals surface area (Å²) >= 11 is 1.38. The molecule has 0 amide bonds. The molecule has 1 atom stereocenters. The topological polar surface area (TPSA) is 74.1 Å². The van der Waals surface area contributed by atoms with Crippen LogP contribution >= 0.6 is 11.3 Å². The van der Waals surface area contributed by atoms with Crippen LogP contribution < -0.4 is 0 Å². The van der Waals surface area contributed by atoms with Crippen molar-refractivity contribution in [2.45, 2.75) is 18.6 Å². The van der Waals surface area contributed by atoms with Crippen molar-refractivity contribution in [1.29, 1.82) is 0 Å². The van der Waals surface area contributed by atoms with Crippen molar-refractivity contribution < 1.29 is 13.7 Å². The minimum atomic E-state index is -1.19. The van der Waals surface area contributed by atoms with Gasteiger partial charge < -0.3 is 9.30 Å². The number of thiophene rings is 1. The van der Waals surface area contributed by atoms with Gasteiger partial charge in [0.25, 0.3) is 0 Å². The lowest BCUT2D eigenvalue weighted by Gasteiger charge is -2.03. The summed E-state index contributed by atoms with van der Waals surface area (Å²) in [4.78, 5) is 13.0. The molecule has 2 heterocycles. The Balaban J connectivity index is 2.28. The SMILES string of the molecule is COC(=O)c1cc(Cn2cnnc2[S@](C)=O)c(C)s1. The van der Waals surface area contributed by atoms with E-state index in [0.717, 1.165) is 10.4 Å². The molecule has 0 aliphatic carbocycles. The maximum Gasteiger partial charge on any atom is 0.348 e. The summed E-state index contributed by atoms with van der Waals surface area (Å²) in [5, 5.41) is 8.00. The van der Waals surface area contributed by atoms with Gasteiger partial charge in [0.15, 0.2) is 0 Å². The number of carbonyl (C=O) groups excluding carboxylic acids is 1. The first kappa shape index (κ1) is 13.9. The van der Waals surface area contributed by atoms with Gasteiger partial charge in [-0.25, -0.2) is 4.79 Å². The summed E-state index contributed by atoms with van der Waals surface area (Å²) in [7, 11) is 0.164. The zero-order chi connectivity index (χ0) is 14.0. The number of hydrogen-bond donors (Lipinski definition) is 0. The molecule has 0 bridgehead atoms. The number of rotatable bonds is 4. The normalized spacial score (nSPS) is 12.4. The second-order valence-electron chi connectivity index (χ2n) is 3.88. The van der Waals surface area contributed by atoms with Crippen molar-refractivity contribution in [3.05, 3.63) is 27.7 Å². The molecule has 8 heteroatoms. The van der Waals surface area contributed by atoms with Gasteiger partial charge in [0.1, 0.15) is 11.2 Å². The molecule has 0 saturated heterocycles. The molecule has 0 aromatic carbocycles. The van der Waals surface area contributed by atoms with Crippen LogP contribution in [0.25, 0.3) is 0 Å². The molecule has 0 saturated carbocycles. The zero-order valence-corrected chi connectivity index (χ0v) is 12.4. The van der Waals surface area contributed by atoms with E-state index in [0.29, 0.717) is 16.6 Å². The van der Waals surface area contributed by atoms with Crippen molar-refractivity contribution in [2.24, 2.45) is 0 Å². The van der Waals surface area contributed by atoms with E-state index in [9.17, 15) is 9.00 Å². The summed E-state index contributed by atoms with van der Waals surface area (Å²) in [6.07, 6.45) is 3.09. The predicted octanol–water partition coefficient (Wildman–Crippen LogP) is 1.22. The van der Waals surface area contributed by atoms with Gasteiger partial charge in [0.2, 0.25) is 5.16 Å². The quantitative estimate of drug-likeness (QED) is 0.794. The Morgan fingerprint density at radius 3 is 2.95 bits per heavy atom. The van der Waals surface area contributed by atoms with Crippen molar-refractivity contribution >= 4 is 28.1 Å². The lowest BCUT2D eigenvalue weighted by molar-refractivity contribution is 0.0606. The number of aromatic nitrogens is 3. The highest BCUT2D eigenvalue weighted by atomic mass is 32.2. The molecule has 0 radical (unpaired) electrons. The second-order valence-corrected chi connectivity index (χ2v) is 6.41. The van der Waals surface area contributed by atoms with Gasteiger partial charge in [-0.05, 0) is 18.6 Å². The number of ether oxygens (including phenoxy) is 1. The molecule has 0 N–H and O–H groups in total. The van der Waals surface area contributed by atoms with Gasteiger partial charge >= 0.3 is 5.97 Å². The number of nitrogens with zero attached hydrogens (tertiary/aromatic N) is 3. The van der Waals surface area contributed by atoms with E-state index in [1.165, 1.54) is 24.8 Å². The second kappa shape index (κ2) is 5.62. The van der Waals surface area contributed by atoms with Crippen molar-refractivity contribution in [2.75, 3.05) is 13.4 Å². The predicted molar refractivity (Wildman–Crippen MR) is 71.9 cm³/mol. The Morgan fingerprint density at radius 1 is 1.58 bits per heavy atom. The number of methoxy groups -OCH3 is 1. The molecule has 0 aliphatic heterocycles. The molecular weight excluding hydrogens is 286 g/mol. The fraction of sp³-hybridized carbons (Fsp3) is 0.364. The molecule has 102 valence electrons. The highest BCUT2D eigenvalue weighted by Crippen LogP contribution is 2.23. The number of aryl methyl sites for hydroxylation is 1. The maximum absolute atomic E-state index is 11.5. The Hall–Kier alpha value is -1.54. The Bertz CT molecular complexity index is 633. The highest BCUT2D eigenvalue weighted by Gasteiger charge is 2.15. The first-order chi connectivity index (χ1) is 9.02. The summed E-state index contributed by atoms with van der Waals surface area (Å²) in [6.45, 7) is 2.42. The fourth-order valence-corrected chi connectivity index (χ4v) is 3.19. The van der Waals surface area contributed by atoms with Crippen LogP contribution in [-0.4, -0.2) is 38.3 Å². The van der Waals surface area contributed by atoms with Crippen molar-refractivity contribution in [3.8, 4) is 0 Å². The van der Waals surface area contributed by atoms with E-state index in [1.807, 2.05) is 6.92 Å². The molecule has 6 nitrogen and oxygen atoms in total. The lowest BCUT2D eigenvalue weighted by Crippen LogP contribution is -2.05. The molecule has 0 aliphatic rings.